The number of urea groups is 1. The summed E-state index contributed by atoms with van der Waals surface area (Å²) >= 11 is 2.07. The first-order valence-electron chi connectivity index (χ1n) is 11.4. The number of amides is 2. The van der Waals surface area contributed by atoms with Crippen LogP contribution in [0.2, 0.25) is 0 Å². The molecule has 1 aromatic carbocycles. The molecular weight excluding hydrogens is 604 g/mol. The zero-order valence-corrected chi connectivity index (χ0v) is 22.6. The number of nitrogens with zero attached hydrogens (tertiary/aromatic N) is 3. The van der Waals surface area contributed by atoms with Crippen LogP contribution in [0.15, 0.2) is 34.7 Å². The molecule has 2 N–H and O–H groups in total. The monoisotopic (exact) mass is 629 g/mol. The summed E-state index contributed by atoms with van der Waals surface area (Å²) in [6, 6.07) is 7.64. The Balaban J connectivity index is 1.53. The smallest absolute Gasteiger partial charge is 0.317 e. The first-order chi connectivity index (χ1) is 17.2. The number of fused-ring (bicyclic) bond motifs is 1. The lowest BCUT2D eigenvalue weighted by Crippen LogP contribution is -2.35. The van der Waals surface area contributed by atoms with E-state index in [2.05, 4.69) is 38.2 Å². The number of carbonyl (C=O) groups is 1. The van der Waals surface area contributed by atoms with Crippen molar-refractivity contribution in [1.29, 1.82) is 0 Å². The van der Waals surface area contributed by atoms with E-state index >= 15 is 0 Å². The van der Waals surface area contributed by atoms with E-state index in [0.29, 0.717) is 46.3 Å². The Hall–Kier alpha value is -2.49. The van der Waals surface area contributed by atoms with Crippen molar-refractivity contribution in [3.63, 3.8) is 0 Å². The molecule has 2 unspecified atom stereocenters. The van der Waals surface area contributed by atoms with Gasteiger partial charge in [-0.2, -0.15) is 4.98 Å². The molecule has 10 nitrogen and oxygen atoms in total. The van der Waals surface area contributed by atoms with Crippen molar-refractivity contribution in [2.24, 2.45) is 0 Å². The van der Waals surface area contributed by atoms with Gasteiger partial charge in [0.15, 0.2) is 5.82 Å². The molecule has 2 aliphatic rings. The highest BCUT2D eigenvalue weighted by molar-refractivity contribution is 14.1. The van der Waals surface area contributed by atoms with E-state index in [1.807, 2.05) is 6.07 Å². The van der Waals surface area contributed by atoms with E-state index in [9.17, 15) is 17.6 Å². The summed E-state index contributed by atoms with van der Waals surface area (Å²) in [4.78, 5) is 18.1. The van der Waals surface area contributed by atoms with Crippen LogP contribution in [0.5, 0.6) is 0 Å². The summed E-state index contributed by atoms with van der Waals surface area (Å²) in [5.74, 6) is 0.390. The van der Waals surface area contributed by atoms with E-state index < -0.39 is 10.0 Å². The van der Waals surface area contributed by atoms with E-state index in [4.69, 9.17) is 9.15 Å². The van der Waals surface area contributed by atoms with Crippen LogP contribution in [-0.2, 0) is 14.8 Å². The number of sulfonamides is 1. The van der Waals surface area contributed by atoms with Crippen molar-refractivity contribution >= 4 is 55.6 Å². The highest BCUT2D eigenvalue weighted by atomic mass is 127. The van der Waals surface area contributed by atoms with Crippen molar-refractivity contribution in [2.45, 2.75) is 18.8 Å². The lowest BCUT2D eigenvalue weighted by Gasteiger charge is -2.23. The second kappa shape index (κ2) is 9.76. The predicted octanol–water partition coefficient (Wildman–Crippen LogP) is 3.04. The number of anilines is 1. The van der Waals surface area contributed by atoms with Crippen LogP contribution in [0.4, 0.5) is 15.0 Å². The number of pyridine rings is 1. The minimum absolute atomic E-state index is 0.145. The molecule has 2 aromatic heterocycles. The maximum absolute atomic E-state index is 13.6. The number of rotatable bonds is 9. The van der Waals surface area contributed by atoms with Gasteiger partial charge in [-0.3, -0.25) is 9.62 Å². The number of likely N-dealkylation sites (N-methyl/N-ethyl adjacent to an activating group) is 1. The molecule has 2 atom stereocenters. The molecule has 2 amide bonds. The lowest BCUT2D eigenvalue weighted by atomic mass is 10.0. The fraction of sp³-hybridized carbons (Fsp3) is 0.391. The summed E-state index contributed by atoms with van der Waals surface area (Å²) in [5.41, 5.74) is 1.70. The quantitative estimate of drug-likeness (QED) is 0.276. The van der Waals surface area contributed by atoms with Crippen LogP contribution >= 0.6 is 22.6 Å². The van der Waals surface area contributed by atoms with Crippen molar-refractivity contribution in [3.05, 3.63) is 45.3 Å². The first-order valence-corrected chi connectivity index (χ1v) is 14.3. The molecule has 192 valence electrons. The molecule has 2 fully saturated rings. The normalized spacial score (nSPS) is 19.7. The Kier molecular flexibility index (Phi) is 6.82. The maximum Gasteiger partial charge on any atom is 0.317 e. The number of hydrogen-bond donors (Lipinski definition) is 2. The fourth-order valence-corrected chi connectivity index (χ4v) is 6.19. The van der Waals surface area contributed by atoms with Crippen LogP contribution in [0.1, 0.15) is 18.1 Å². The molecule has 36 heavy (non-hydrogen) atoms. The van der Waals surface area contributed by atoms with Crippen LogP contribution in [0.3, 0.4) is 0 Å². The molecule has 3 aromatic rings. The van der Waals surface area contributed by atoms with Gasteiger partial charge in [-0.05, 0) is 66.4 Å². The van der Waals surface area contributed by atoms with Gasteiger partial charge in [0.05, 0.1) is 9.83 Å². The van der Waals surface area contributed by atoms with Gasteiger partial charge in [-0.1, -0.05) is 0 Å². The minimum atomic E-state index is -3.67. The van der Waals surface area contributed by atoms with Crippen molar-refractivity contribution < 1.29 is 26.8 Å². The molecule has 13 heteroatoms. The number of ether oxygens (including phenoxy) is 1. The van der Waals surface area contributed by atoms with Gasteiger partial charge < -0.3 is 19.4 Å². The number of carbonyl (C=O) groups excluding carboxylic acids is 1. The molecule has 0 spiro atoms. The summed E-state index contributed by atoms with van der Waals surface area (Å²) < 4.78 is 52.8. The summed E-state index contributed by atoms with van der Waals surface area (Å²) in [6.45, 7) is 1.77. The fourth-order valence-electron chi connectivity index (χ4n) is 4.39. The summed E-state index contributed by atoms with van der Waals surface area (Å²) in [5, 5.41) is 6.52. The Labute approximate surface area is 221 Å². The number of halogens is 2. The minimum Gasteiger partial charge on any atom is -0.437 e. The number of furan rings is 1. The number of benzene rings is 1. The zero-order chi connectivity index (χ0) is 25.6. The Morgan fingerprint density at radius 1 is 1.33 bits per heavy atom. The Morgan fingerprint density at radius 2 is 2.08 bits per heavy atom. The second-order valence-corrected chi connectivity index (χ2v) is 11.7. The molecule has 2 saturated heterocycles. The highest BCUT2D eigenvalue weighted by Crippen LogP contribution is 2.47. The second-order valence-electron chi connectivity index (χ2n) is 8.67. The number of hydrogen-bond acceptors (Lipinski definition) is 7. The van der Waals surface area contributed by atoms with Gasteiger partial charge in [0, 0.05) is 42.7 Å². The van der Waals surface area contributed by atoms with Crippen molar-refractivity contribution in [1.82, 2.24) is 20.5 Å². The van der Waals surface area contributed by atoms with E-state index in [1.54, 1.807) is 24.1 Å². The van der Waals surface area contributed by atoms with Crippen LogP contribution in [-0.4, -0.2) is 70.0 Å². The Bertz CT molecular complexity index is 1410. The van der Waals surface area contributed by atoms with Crippen LogP contribution in [0.25, 0.3) is 22.4 Å². The molecule has 0 radical (unpaired) electrons. The van der Waals surface area contributed by atoms with Crippen molar-refractivity contribution in [3.8, 4) is 11.3 Å². The van der Waals surface area contributed by atoms with Gasteiger partial charge in [-0.15, -0.1) is 0 Å². The number of nitrogens with one attached hydrogen (secondary N) is 2. The molecular formula is C23H25FIN5O5S. The van der Waals surface area contributed by atoms with Crippen LogP contribution in [0, 0.1) is 9.39 Å². The summed E-state index contributed by atoms with van der Waals surface area (Å²) in [7, 11) is -1.87. The average Bonchev–Trinajstić information content (AvgIpc) is 3.35. The van der Waals surface area contributed by atoms with Gasteiger partial charge in [0.2, 0.25) is 15.7 Å². The third kappa shape index (κ3) is 4.88. The van der Waals surface area contributed by atoms with Gasteiger partial charge in [0.25, 0.3) is 0 Å². The first kappa shape index (κ1) is 25.2. The van der Waals surface area contributed by atoms with Crippen molar-refractivity contribution in [2.75, 3.05) is 43.8 Å². The van der Waals surface area contributed by atoms with Gasteiger partial charge in [-0.25, -0.2) is 17.6 Å². The molecule has 0 bridgehead atoms. The van der Waals surface area contributed by atoms with Gasteiger partial charge in [0.1, 0.15) is 23.9 Å². The third-order valence-corrected chi connectivity index (χ3v) is 8.14. The van der Waals surface area contributed by atoms with E-state index in [-0.39, 0.29) is 42.3 Å². The Morgan fingerprint density at radius 3 is 2.69 bits per heavy atom. The average molecular weight is 629 g/mol. The van der Waals surface area contributed by atoms with Gasteiger partial charge >= 0.3 is 6.03 Å². The van der Waals surface area contributed by atoms with E-state index in [1.165, 1.54) is 16.4 Å². The highest BCUT2D eigenvalue weighted by Gasteiger charge is 2.44. The standard InChI is InChI=1S/C23H25FIN5O5S/c1-26-22-19(35-22)17-15-12-16(25)20(28-21(15)34-18(17)13-4-6-14(24)7-5-13)30(36(2,32)33)10-3-9-29-11-8-27-23(29)31/h4-7,12,19,22,26H,3,8-11H2,1-2H3,(H,27,31). The topological polar surface area (TPSA) is 120 Å². The largest absolute Gasteiger partial charge is 0.437 e. The molecule has 0 saturated carbocycles. The zero-order valence-electron chi connectivity index (χ0n) is 19.6. The number of aromatic nitrogens is 1. The molecule has 2 aliphatic heterocycles. The third-order valence-electron chi connectivity index (χ3n) is 6.19. The molecule has 0 aliphatic carbocycles. The number of epoxide rings is 1. The van der Waals surface area contributed by atoms with E-state index in [0.717, 1.165) is 11.8 Å². The molecule has 4 heterocycles. The SMILES string of the molecule is CNC1OC1c1c(-c2ccc(F)cc2)oc2nc(N(CCCN3CCNC3=O)S(C)(=O)=O)c(I)cc12. The summed E-state index contributed by atoms with van der Waals surface area (Å²) in [6.07, 6.45) is 1.10. The maximum atomic E-state index is 13.6. The molecule has 5 rings (SSSR count). The predicted molar refractivity (Wildman–Crippen MR) is 141 cm³/mol. The lowest BCUT2D eigenvalue weighted by molar-refractivity contribution is 0.217. The van der Waals surface area contributed by atoms with Crippen LogP contribution < -0.4 is 14.9 Å².